The fraction of sp³-hybridized carbons (Fsp3) is 0.227. The lowest BCUT2D eigenvalue weighted by molar-refractivity contribution is -0.124. The smallest absolute Gasteiger partial charge is 0.280 e. The van der Waals surface area contributed by atoms with E-state index >= 15 is 0 Å². The quantitative estimate of drug-likeness (QED) is 0.369. The van der Waals surface area contributed by atoms with Gasteiger partial charge in [-0.2, -0.15) is 17.4 Å². The number of benzene rings is 2. The Hall–Kier alpha value is -3.10. The molecule has 14 heteroatoms. The zero-order valence-electron chi connectivity index (χ0n) is 18.7. The molecule has 0 saturated carbocycles. The van der Waals surface area contributed by atoms with E-state index in [1.165, 1.54) is 30.5 Å². The molecule has 1 fully saturated rings. The molecule has 0 aliphatic carbocycles. The van der Waals surface area contributed by atoms with Crippen LogP contribution >= 0.6 is 22.9 Å². The summed E-state index contributed by atoms with van der Waals surface area (Å²) in [5.74, 6) is -1.83. The molecule has 36 heavy (non-hydrogen) atoms. The van der Waals surface area contributed by atoms with Gasteiger partial charge in [0.15, 0.2) is 0 Å². The van der Waals surface area contributed by atoms with Gasteiger partial charge < -0.3 is 15.7 Å². The number of aromatic nitrogens is 1. The molecule has 10 nitrogen and oxygen atoms in total. The number of carbonyl (C=O) groups excluding carboxylic acids is 2. The van der Waals surface area contributed by atoms with Gasteiger partial charge in [0.1, 0.15) is 28.7 Å². The van der Waals surface area contributed by atoms with Gasteiger partial charge in [0.2, 0.25) is 11.8 Å². The molecule has 4 N–H and O–H groups in total. The first kappa shape index (κ1) is 26.0. The minimum atomic E-state index is -4.13. The molecule has 190 valence electrons. The molecule has 3 aromatic rings. The number of nitrogens with one attached hydrogen (secondary N) is 3. The second-order valence-corrected chi connectivity index (χ2v) is 11.2. The number of phenolic OH excluding ortho intramolecular Hbond substituents is 1. The Morgan fingerprint density at radius 1 is 1.25 bits per heavy atom. The Labute approximate surface area is 215 Å². The van der Waals surface area contributed by atoms with E-state index in [1.54, 1.807) is 30.5 Å². The van der Waals surface area contributed by atoms with Crippen LogP contribution in [0, 0.1) is 5.82 Å². The van der Waals surface area contributed by atoms with Crippen molar-refractivity contribution < 1.29 is 27.5 Å². The van der Waals surface area contributed by atoms with Gasteiger partial charge >= 0.3 is 0 Å². The normalized spacial score (nSPS) is 19.5. The van der Waals surface area contributed by atoms with Crippen LogP contribution < -0.4 is 15.4 Å². The summed E-state index contributed by atoms with van der Waals surface area (Å²) in [5.41, 5.74) is 1.03. The molecule has 2 aromatic carbocycles. The summed E-state index contributed by atoms with van der Waals surface area (Å²) in [6.07, 6.45) is 1.50. The van der Waals surface area contributed by atoms with E-state index in [9.17, 15) is 27.5 Å². The topological polar surface area (TPSA) is 141 Å². The number of amides is 2. The predicted octanol–water partition coefficient (Wildman–Crippen LogP) is 2.47. The van der Waals surface area contributed by atoms with Crippen LogP contribution in [0.4, 0.5) is 10.1 Å². The Bertz CT molecular complexity index is 1400. The monoisotopic (exact) mass is 553 g/mol. The molecular formula is C22H21ClFN5O5S2. The second-order valence-electron chi connectivity index (χ2n) is 7.94. The highest BCUT2D eigenvalue weighted by atomic mass is 35.5. The Morgan fingerprint density at radius 2 is 1.97 bits per heavy atom. The van der Waals surface area contributed by atoms with E-state index in [1.807, 2.05) is 0 Å². The summed E-state index contributed by atoms with van der Waals surface area (Å²) in [7, 11) is -2.91. The molecule has 0 spiro atoms. The number of thiazole rings is 1. The highest BCUT2D eigenvalue weighted by molar-refractivity contribution is 7.87. The highest BCUT2D eigenvalue weighted by Crippen LogP contribution is 2.27. The maximum atomic E-state index is 13.4. The summed E-state index contributed by atoms with van der Waals surface area (Å²) in [4.78, 5) is 30.7. The van der Waals surface area contributed by atoms with E-state index in [-0.39, 0.29) is 29.4 Å². The number of halogens is 2. The first-order valence-corrected chi connectivity index (χ1v) is 13.2. The molecular weight excluding hydrogens is 533 g/mol. The summed E-state index contributed by atoms with van der Waals surface area (Å²) < 4.78 is 41.7. The van der Waals surface area contributed by atoms with Crippen LogP contribution in [0.1, 0.15) is 11.4 Å². The number of carbonyl (C=O) groups is 2. The highest BCUT2D eigenvalue weighted by Gasteiger charge is 2.42. The van der Waals surface area contributed by atoms with Gasteiger partial charge in [0.05, 0.1) is 16.4 Å². The van der Waals surface area contributed by atoms with Crippen LogP contribution in [0.15, 0.2) is 48.7 Å². The van der Waals surface area contributed by atoms with Gasteiger partial charge in [-0.05, 0) is 54.4 Å². The van der Waals surface area contributed by atoms with Crippen LogP contribution in [0.25, 0.3) is 10.4 Å². The largest absolute Gasteiger partial charge is 0.508 e. The van der Waals surface area contributed by atoms with Crippen molar-refractivity contribution in [1.29, 1.82) is 0 Å². The standard InChI is InChI=1S/C22H21ClFN5O5S2/c1-29-18(22(32)27-13-4-7-16(24)15(23)8-13)9-17(28-36(29,33)34)21(31)26-11-20-25-10-19(35-20)12-2-5-14(30)6-3-12/h2-8,10,17-18,28,30H,9,11H2,1H3,(H,26,31)(H,27,32). The molecule has 2 atom stereocenters. The lowest BCUT2D eigenvalue weighted by atomic mass is 10.1. The fourth-order valence-corrected chi connectivity index (χ4v) is 5.81. The third-order valence-electron chi connectivity index (χ3n) is 5.49. The molecule has 1 aliphatic rings. The molecule has 0 bridgehead atoms. The van der Waals surface area contributed by atoms with Crippen molar-refractivity contribution in [2.24, 2.45) is 0 Å². The van der Waals surface area contributed by atoms with E-state index in [2.05, 4.69) is 20.3 Å². The van der Waals surface area contributed by atoms with Gasteiger partial charge in [-0.1, -0.05) is 11.6 Å². The molecule has 2 unspecified atom stereocenters. The third kappa shape index (κ3) is 5.82. The summed E-state index contributed by atoms with van der Waals surface area (Å²) in [5, 5.41) is 15.0. The summed E-state index contributed by atoms with van der Waals surface area (Å²) in [6, 6.07) is 7.76. The van der Waals surface area contributed by atoms with Crippen molar-refractivity contribution in [2.45, 2.75) is 25.0 Å². The zero-order chi connectivity index (χ0) is 26.0. The zero-order valence-corrected chi connectivity index (χ0v) is 21.1. The van der Waals surface area contributed by atoms with Crippen molar-refractivity contribution in [3.8, 4) is 16.2 Å². The van der Waals surface area contributed by atoms with Gasteiger partial charge in [-0.25, -0.2) is 9.37 Å². The van der Waals surface area contributed by atoms with Gasteiger partial charge in [0, 0.05) is 18.9 Å². The first-order chi connectivity index (χ1) is 17.0. The number of hydrogen-bond acceptors (Lipinski definition) is 7. The molecule has 1 saturated heterocycles. The van der Waals surface area contributed by atoms with Crippen molar-refractivity contribution in [1.82, 2.24) is 19.3 Å². The van der Waals surface area contributed by atoms with Gasteiger partial charge in [0.25, 0.3) is 10.2 Å². The van der Waals surface area contributed by atoms with Crippen molar-refractivity contribution in [2.75, 3.05) is 12.4 Å². The molecule has 0 radical (unpaired) electrons. The number of phenols is 1. The summed E-state index contributed by atoms with van der Waals surface area (Å²) >= 11 is 7.07. The van der Waals surface area contributed by atoms with Crippen LogP contribution in [-0.4, -0.2) is 53.8 Å². The lowest BCUT2D eigenvalue weighted by Gasteiger charge is -2.35. The first-order valence-electron chi connectivity index (χ1n) is 10.6. The predicted molar refractivity (Wildman–Crippen MR) is 133 cm³/mol. The Morgan fingerprint density at radius 3 is 2.67 bits per heavy atom. The number of anilines is 1. The van der Waals surface area contributed by atoms with Gasteiger partial charge in [-0.15, -0.1) is 11.3 Å². The van der Waals surface area contributed by atoms with Gasteiger partial charge in [-0.3, -0.25) is 9.59 Å². The SMILES string of the molecule is CN1C(C(=O)Nc2ccc(F)c(Cl)c2)CC(C(=O)NCc2ncc(-c3ccc(O)cc3)s2)NS1(=O)=O. The average molecular weight is 554 g/mol. The molecule has 1 aliphatic heterocycles. The minimum absolute atomic E-state index is 0.0561. The number of aromatic hydroxyl groups is 1. The third-order valence-corrected chi connectivity index (χ3v) is 8.42. The van der Waals surface area contributed by atoms with E-state index in [4.69, 9.17) is 11.6 Å². The second kappa shape index (κ2) is 10.5. The number of hydrogen-bond donors (Lipinski definition) is 4. The van der Waals surface area contributed by atoms with Crippen LogP contribution in [0.3, 0.4) is 0 Å². The van der Waals surface area contributed by atoms with E-state index in [0.717, 1.165) is 20.8 Å². The maximum absolute atomic E-state index is 13.4. The van der Waals surface area contributed by atoms with Crippen molar-refractivity contribution in [3.05, 3.63) is 64.5 Å². The molecule has 2 heterocycles. The van der Waals surface area contributed by atoms with Crippen LogP contribution in [0.2, 0.25) is 5.02 Å². The van der Waals surface area contributed by atoms with E-state index in [0.29, 0.717) is 5.01 Å². The maximum Gasteiger partial charge on any atom is 0.280 e. The average Bonchev–Trinajstić information content (AvgIpc) is 3.31. The fourth-order valence-electron chi connectivity index (χ4n) is 3.52. The molecule has 4 rings (SSSR count). The van der Waals surface area contributed by atoms with Crippen molar-refractivity contribution in [3.63, 3.8) is 0 Å². The number of likely N-dealkylation sites (N-methyl/N-ethyl adjacent to an activating group) is 1. The van der Waals surface area contributed by atoms with Crippen molar-refractivity contribution >= 4 is 50.6 Å². The van der Waals surface area contributed by atoms with Crippen LogP contribution in [-0.2, 0) is 26.3 Å². The van der Waals surface area contributed by atoms with Crippen LogP contribution in [0.5, 0.6) is 5.75 Å². The minimum Gasteiger partial charge on any atom is -0.508 e. The van der Waals surface area contributed by atoms with E-state index < -0.39 is 39.9 Å². The number of rotatable bonds is 6. The summed E-state index contributed by atoms with van der Waals surface area (Å²) in [6.45, 7) is 0.0561. The Kier molecular flexibility index (Phi) is 7.57. The molecule has 2 amide bonds. The Balaban J connectivity index is 1.41. The number of nitrogens with zero attached hydrogens (tertiary/aromatic N) is 2. The molecule has 1 aromatic heterocycles. The lowest BCUT2D eigenvalue weighted by Crippen LogP contribution is -2.62.